The van der Waals surface area contributed by atoms with Crippen molar-refractivity contribution in [2.45, 2.75) is 27.7 Å². The van der Waals surface area contributed by atoms with Crippen molar-refractivity contribution in [3.63, 3.8) is 0 Å². The third-order valence-corrected chi connectivity index (χ3v) is 3.40. The molecule has 0 saturated carbocycles. The van der Waals surface area contributed by atoms with Crippen LogP contribution in [0, 0.1) is 27.7 Å². The Balaban J connectivity index is 2.78. The van der Waals surface area contributed by atoms with Gasteiger partial charge in [0.05, 0.1) is 11.4 Å². The highest BCUT2D eigenvalue weighted by molar-refractivity contribution is 5.88. The average Bonchev–Trinajstić information content (AvgIpc) is 2.34. The highest BCUT2D eigenvalue weighted by atomic mass is 16.4. The van der Waals surface area contributed by atoms with Gasteiger partial charge in [-0.15, -0.1) is 0 Å². The predicted molar refractivity (Wildman–Crippen MR) is 75.7 cm³/mol. The molecule has 20 heavy (non-hydrogen) atoms. The number of aryl methyl sites for hydroxylation is 4. The summed E-state index contributed by atoms with van der Waals surface area (Å²) in [5.41, 5.74) is 2.86. The standard InChI is InChI=1S/C15H16N2O3/c1-8-5-6-17(14(18)13(8)15(19)20)12-7-9(2)10(3)16-11(12)4/h5-7H,1-4H3,(H,19,20). The van der Waals surface area contributed by atoms with Crippen molar-refractivity contribution in [2.75, 3.05) is 0 Å². The first-order valence-corrected chi connectivity index (χ1v) is 6.23. The fraction of sp³-hybridized carbons (Fsp3) is 0.267. The minimum absolute atomic E-state index is 0.204. The van der Waals surface area contributed by atoms with Crippen molar-refractivity contribution in [2.24, 2.45) is 0 Å². The van der Waals surface area contributed by atoms with Crippen LogP contribution in [0.25, 0.3) is 5.69 Å². The molecule has 0 unspecified atom stereocenters. The molecule has 5 heteroatoms. The highest BCUT2D eigenvalue weighted by Crippen LogP contribution is 2.15. The summed E-state index contributed by atoms with van der Waals surface area (Å²) in [7, 11) is 0. The summed E-state index contributed by atoms with van der Waals surface area (Å²) in [6.45, 7) is 7.21. The van der Waals surface area contributed by atoms with Crippen molar-refractivity contribution in [3.05, 3.63) is 56.8 Å². The number of rotatable bonds is 2. The van der Waals surface area contributed by atoms with Crippen molar-refractivity contribution in [1.82, 2.24) is 9.55 Å². The van der Waals surface area contributed by atoms with Gasteiger partial charge in [-0.1, -0.05) is 0 Å². The second-order valence-corrected chi connectivity index (χ2v) is 4.85. The maximum atomic E-state index is 12.3. The Morgan fingerprint density at radius 1 is 1.15 bits per heavy atom. The molecule has 0 saturated heterocycles. The Hall–Kier alpha value is -2.43. The van der Waals surface area contributed by atoms with E-state index in [1.54, 1.807) is 26.1 Å². The highest BCUT2D eigenvalue weighted by Gasteiger charge is 2.16. The van der Waals surface area contributed by atoms with Gasteiger partial charge in [-0.25, -0.2) is 4.79 Å². The molecule has 0 aliphatic rings. The Morgan fingerprint density at radius 2 is 1.80 bits per heavy atom. The summed E-state index contributed by atoms with van der Waals surface area (Å²) >= 11 is 0. The number of hydrogen-bond donors (Lipinski definition) is 1. The molecule has 0 aromatic carbocycles. The molecular weight excluding hydrogens is 256 g/mol. The lowest BCUT2D eigenvalue weighted by atomic mass is 10.1. The zero-order valence-corrected chi connectivity index (χ0v) is 11.9. The fourth-order valence-corrected chi connectivity index (χ4v) is 2.13. The van der Waals surface area contributed by atoms with Crippen LogP contribution in [0.5, 0.6) is 0 Å². The maximum absolute atomic E-state index is 12.3. The van der Waals surface area contributed by atoms with Gasteiger partial charge in [0.25, 0.3) is 5.56 Å². The predicted octanol–water partition coefficient (Wildman–Crippen LogP) is 2.16. The van der Waals surface area contributed by atoms with Gasteiger partial charge in [0.1, 0.15) is 5.56 Å². The molecule has 2 heterocycles. The van der Waals surface area contributed by atoms with Crippen LogP contribution in [0.3, 0.4) is 0 Å². The number of carboxylic acids is 1. The minimum Gasteiger partial charge on any atom is -0.477 e. The van der Waals surface area contributed by atoms with Gasteiger partial charge in [-0.3, -0.25) is 14.3 Å². The number of aromatic carboxylic acids is 1. The van der Waals surface area contributed by atoms with Crippen molar-refractivity contribution in [1.29, 1.82) is 0 Å². The van der Waals surface area contributed by atoms with Gasteiger partial charge in [0.15, 0.2) is 0 Å². The maximum Gasteiger partial charge on any atom is 0.341 e. The smallest absolute Gasteiger partial charge is 0.341 e. The number of carbonyl (C=O) groups is 1. The molecule has 2 aromatic rings. The molecule has 0 aliphatic carbocycles. The number of carboxylic acid groups (broad SMARTS) is 1. The average molecular weight is 272 g/mol. The van der Waals surface area contributed by atoms with E-state index in [9.17, 15) is 9.59 Å². The van der Waals surface area contributed by atoms with Crippen LogP contribution >= 0.6 is 0 Å². The summed E-state index contributed by atoms with van der Waals surface area (Å²) in [5.74, 6) is -1.21. The number of aromatic nitrogens is 2. The third-order valence-electron chi connectivity index (χ3n) is 3.40. The van der Waals surface area contributed by atoms with Crippen molar-refractivity contribution >= 4 is 5.97 Å². The molecule has 0 atom stereocenters. The summed E-state index contributed by atoms with van der Waals surface area (Å²) in [6, 6.07) is 3.47. The molecule has 2 rings (SSSR count). The Bertz CT molecular complexity index is 760. The van der Waals surface area contributed by atoms with E-state index < -0.39 is 11.5 Å². The molecule has 2 aromatic heterocycles. The Labute approximate surface area is 116 Å². The first-order chi connectivity index (χ1) is 9.32. The minimum atomic E-state index is -1.21. The topological polar surface area (TPSA) is 72.2 Å². The van der Waals surface area contributed by atoms with Crippen LogP contribution in [-0.2, 0) is 0 Å². The van der Waals surface area contributed by atoms with Crippen LogP contribution < -0.4 is 5.56 Å². The quantitative estimate of drug-likeness (QED) is 0.909. The van der Waals surface area contributed by atoms with Gasteiger partial charge >= 0.3 is 5.97 Å². The molecule has 0 bridgehead atoms. The first kappa shape index (κ1) is 14.0. The summed E-state index contributed by atoms with van der Waals surface area (Å²) in [4.78, 5) is 27.9. The van der Waals surface area contributed by atoms with E-state index in [-0.39, 0.29) is 5.56 Å². The van der Waals surface area contributed by atoms with E-state index in [1.165, 1.54) is 4.57 Å². The van der Waals surface area contributed by atoms with Crippen LogP contribution in [0.4, 0.5) is 0 Å². The SMILES string of the molecule is Cc1cc(-n2ccc(C)c(C(=O)O)c2=O)c(C)nc1C. The van der Waals surface area contributed by atoms with Crippen LogP contribution in [0.1, 0.15) is 32.9 Å². The number of hydrogen-bond acceptors (Lipinski definition) is 3. The lowest BCUT2D eigenvalue weighted by Gasteiger charge is -2.12. The Kier molecular flexibility index (Phi) is 3.44. The Morgan fingerprint density at radius 3 is 2.40 bits per heavy atom. The lowest BCUT2D eigenvalue weighted by molar-refractivity contribution is 0.0693. The summed E-state index contributed by atoms with van der Waals surface area (Å²) < 4.78 is 1.34. The van der Waals surface area contributed by atoms with Gasteiger partial charge in [-0.05, 0) is 51.0 Å². The number of pyridine rings is 2. The molecule has 0 radical (unpaired) electrons. The molecule has 0 spiro atoms. The van der Waals surface area contributed by atoms with Gasteiger partial charge in [0, 0.05) is 11.9 Å². The van der Waals surface area contributed by atoms with E-state index in [4.69, 9.17) is 5.11 Å². The lowest BCUT2D eigenvalue weighted by Crippen LogP contribution is -2.26. The fourth-order valence-electron chi connectivity index (χ4n) is 2.13. The normalized spacial score (nSPS) is 10.6. The van der Waals surface area contributed by atoms with E-state index in [2.05, 4.69) is 4.98 Å². The molecular formula is C15H16N2O3. The second-order valence-electron chi connectivity index (χ2n) is 4.85. The zero-order valence-electron chi connectivity index (χ0n) is 11.9. The second kappa shape index (κ2) is 4.92. The van der Waals surface area contributed by atoms with E-state index in [0.29, 0.717) is 16.9 Å². The first-order valence-electron chi connectivity index (χ1n) is 6.23. The molecule has 1 N–H and O–H groups in total. The van der Waals surface area contributed by atoms with Crippen molar-refractivity contribution in [3.8, 4) is 5.69 Å². The van der Waals surface area contributed by atoms with Crippen LogP contribution in [-0.4, -0.2) is 20.6 Å². The molecule has 104 valence electrons. The van der Waals surface area contributed by atoms with Crippen LogP contribution in [0.15, 0.2) is 23.1 Å². The van der Waals surface area contributed by atoms with E-state index in [1.807, 2.05) is 19.9 Å². The third kappa shape index (κ3) is 2.22. The van der Waals surface area contributed by atoms with Gasteiger partial charge in [0.2, 0.25) is 0 Å². The summed E-state index contributed by atoms with van der Waals surface area (Å²) in [5, 5.41) is 9.16. The zero-order chi connectivity index (χ0) is 15.0. The van der Waals surface area contributed by atoms with E-state index in [0.717, 1.165) is 11.3 Å². The van der Waals surface area contributed by atoms with Gasteiger partial charge in [-0.2, -0.15) is 0 Å². The molecule has 0 amide bonds. The number of nitrogens with zero attached hydrogens (tertiary/aromatic N) is 2. The van der Waals surface area contributed by atoms with Crippen molar-refractivity contribution < 1.29 is 9.90 Å². The largest absolute Gasteiger partial charge is 0.477 e. The molecule has 0 fully saturated rings. The van der Waals surface area contributed by atoms with E-state index >= 15 is 0 Å². The monoisotopic (exact) mass is 272 g/mol. The summed E-state index contributed by atoms with van der Waals surface area (Å²) in [6.07, 6.45) is 1.59. The van der Waals surface area contributed by atoms with Gasteiger partial charge < -0.3 is 5.11 Å². The molecule has 0 aliphatic heterocycles. The molecule has 5 nitrogen and oxygen atoms in total. The van der Waals surface area contributed by atoms with Crippen LogP contribution in [0.2, 0.25) is 0 Å².